The molecule has 0 aromatic carbocycles. The van der Waals surface area contributed by atoms with Crippen LogP contribution < -0.4 is 10.6 Å². The molecule has 2 saturated carbocycles. The molecular formula is C34H60N2O6. The van der Waals surface area contributed by atoms with Crippen LogP contribution in [0.4, 0.5) is 0 Å². The van der Waals surface area contributed by atoms with Gasteiger partial charge in [-0.15, -0.1) is 0 Å². The minimum Gasteiger partial charge on any atom is -0.481 e. The summed E-state index contributed by atoms with van der Waals surface area (Å²) in [6, 6.07) is 0.0815. The predicted octanol–water partition coefficient (Wildman–Crippen LogP) is 7.10. The van der Waals surface area contributed by atoms with Crippen LogP contribution in [0.3, 0.4) is 0 Å². The average molecular weight is 593 g/mol. The summed E-state index contributed by atoms with van der Waals surface area (Å²) in [4.78, 5) is 50.5. The Kier molecular flexibility index (Phi) is 17.8. The van der Waals surface area contributed by atoms with E-state index in [1.807, 2.05) is 0 Å². The lowest BCUT2D eigenvalue weighted by atomic mass is 9.84. The minimum absolute atomic E-state index is 0.0815. The van der Waals surface area contributed by atoms with Crippen molar-refractivity contribution < 1.29 is 29.4 Å². The lowest BCUT2D eigenvalue weighted by molar-refractivity contribution is -0.145. The second-order valence-electron chi connectivity index (χ2n) is 13.4. The van der Waals surface area contributed by atoms with Crippen LogP contribution in [0.1, 0.15) is 148 Å². The molecule has 0 spiro atoms. The third-order valence-electron chi connectivity index (χ3n) is 9.93. The molecule has 6 atom stereocenters. The molecule has 0 aromatic rings. The molecule has 2 aliphatic carbocycles. The SMILES string of the molecule is CNC(=O)C1CCCCC(C(=O)O)CC(C(=O)NC2CCCCCCCC(C)CCCCCC2)CC[C@H](C(=O)O)CC1. The summed E-state index contributed by atoms with van der Waals surface area (Å²) in [5, 5.41) is 25.9. The van der Waals surface area contributed by atoms with Gasteiger partial charge in [0.1, 0.15) is 0 Å². The average Bonchev–Trinajstić information content (AvgIpc) is 2.96. The van der Waals surface area contributed by atoms with Crippen LogP contribution in [0.2, 0.25) is 0 Å². The quantitative estimate of drug-likeness (QED) is 0.269. The number of carboxylic acid groups (broad SMARTS) is 2. The maximum absolute atomic E-state index is 13.7. The number of nitrogens with one attached hydrogen (secondary N) is 2. The van der Waals surface area contributed by atoms with Gasteiger partial charge in [-0.3, -0.25) is 19.2 Å². The second-order valence-corrected chi connectivity index (χ2v) is 13.4. The van der Waals surface area contributed by atoms with Crippen molar-refractivity contribution >= 4 is 23.8 Å². The molecule has 42 heavy (non-hydrogen) atoms. The summed E-state index contributed by atoms with van der Waals surface area (Å²) in [6.07, 6.45) is 19.5. The maximum Gasteiger partial charge on any atom is 0.306 e. The molecule has 2 rings (SSSR count). The first-order chi connectivity index (χ1) is 20.2. The Balaban J connectivity index is 2.12. The standard InChI is InChI=1S/C34H60N2O6/c1-25-14-8-4-3-5-10-18-30(19-11-7-6-9-15-25)36-32(38)28-23-22-27(33(39)40)21-20-26(31(37)35-2)16-12-13-17-29(24-28)34(41)42/h25-30H,3-24H2,1-2H3,(H,35,37)(H,36,38)(H,39,40)(H,41,42)/t25?,26?,27-,28?,29?,30?/m1/s1. The summed E-state index contributed by atoms with van der Waals surface area (Å²) >= 11 is 0. The van der Waals surface area contributed by atoms with Crippen molar-refractivity contribution in [1.82, 2.24) is 10.6 Å². The van der Waals surface area contributed by atoms with Gasteiger partial charge in [0.15, 0.2) is 0 Å². The van der Waals surface area contributed by atoms with Gasteiger partial charge in [0.05, 0.1) is 11.8 Å². The third-order valence-corrected chi connectivity index (χ3v) is 9.93. The van der Waals surface area contributed by atoms with E-state index in [-0.39, 0.29) is 30.2 Å². The molecule has 0 heterocycles. The highest BCUT2D eigenvalue weighted by molar-refractivity contribution is 5.80. The molecule has 4 N–H and O–H groups in total. The number of hydrogen-bond donors (Lipinski definition) is 4. The second kappa shape index (κ2) is 20.7. The summed E-state index contributed by atoms with van der Waals surface area (Å²) in [7, 11) is 1.59. The Morgan fingerprint density at radius 1 is 0.500 bits per heavy atom. The van der Waals surface area contributed by atoms with E-state index in [1.165, 1.54) is 57.8 Å². The first-order valence-electron chi connectivity index (χ1n) is 17.2. The molecule has 0 saturated heterocycles. The molecule has 0 aliphatic heterocycles. The Bertz CT molecular complexity index is 818. The van der Waals surface area contributed by atoms with Gasteiger partial charge >= 0.3 is 11.9 Å². The highest BCUT2D eigenvalue weighted by Gasteiger charge is 2.31. The largest absolute Gasteiger partial charge is 0.481 e. The van der Waals surface area contributed by atoms with Crippen molar-refractivity contribution in [2.24, 2.45) is 29.6 Å². The van der Waals surface area contributed by atoms with E-state index in [9.17, 15) is 29.4 Å². The summed E-state index contributed by atoms with van der Waals surface area (Å²) in [5.41, 5.74) is 0. The fraction of sp³-hybridized carbons (Fsp3) is 0.882. The molecule has 8 heteroatoms. The van der Waals surface area contributed by atoms with Crippen molar-refractivity contribution in [2.45, 2.75) is 154 Å². The van der Waals surface area contributed by atoms with E-state index in [2.05, 4.69) is 17.6 Å². The van der Waals surface area contributed by atoms with Gasteiger partial charge in [-0.05, 0) is 63.7 Å². The number of carbonyl (C=O) groups excluding carboxylic acids is 2. The summed E-state index contributed by atoms with van der Waals surface area (Å²) in [5.74, 6) is -3.31. The molecule has 242 valence electrons. The Labute approximate surface area is 254 Å². The molecule has 2 fully saturated rings. The number of amides is 2. The van der Waals surface area contributed by atoms with Crippen LogP contribution in [-0.2, 0) is 19.2 Å². The first kappa shape index (κ1) is 36.1. The molecular weight excluding hydrogens is 532 g/mol. The maximum atomic E-state index is 13.7. The number of aliphatic carboxylic acids is 2. The fourth-order valence-corrected chi connectivity index (χ4v) is 7.03. The van der Waals surface area contributed by atoms with Crippen LogP contribution in [-0.4, -0.2) is 47.1 Å². The molecule has 0 bridgehead atoms. The van der Waals surface area contributed by atoms with E-state index in [4.69, 9.17) is 0 Å². The van der Waals surface area contributed by atoms with Crippen molar-refractivity contribution in [3.63, 3.8) is 0 Å². The number of carboxylic acids is 2. The zero-order valence-electron chi connectivity index (χ0n) is 26.5. The molecule has 2 amide bonds. The van der Waals surface area contributed by atoms with Crippen molar-refractivity contribution in [1.29, 1.82) is 0 Å². The highest BCUT2D eigenvalue weighted by Crippen LogP contribution is 2.30. The van der Waals surface area contributed by atoms with Crippen molar-refractivity contribution in [3.05, 3.63) is 0 Å². The van der Waals surface area contributed by atoms with E-state index in [0.29, 0.717) is 51.4 Å². The highest BCUT2D eigenvalue weighted by atomic mass is 16.4. The van der Waals surface area contributed by atoms with Crippen LogP contribution in [0.25, 0.3) is 0 Å². The van der Waals surface area contributed by atoms with Crippen LogP contribution in [0.5, 0.6) is 0 Å². The molecule has 0 aromatic heterocycles. The van der Waals surface area contributed by atoms with Crippen LogP contribution >= 0.6 is 0 Å². The smallest absolute Gasteiger partial charge is 0.306 e. The zero-order valence-corrected chi connectivity index (χ0v) is 26.5. The number of carbonyl (C=O) groups is 4. The Hall–Kier alpha value is -2.12. The normalized spacial score (nSPS) is 30.5. The predicted molar refractivity (Wildman–Crippen MR) is 166 cm³/mol. The fourth-order valence-electron chi connectivity index (χ4n) is 7.03. The molecule has 5 unspecified atom stereocenters. The van der Waals surface area contributed by atoms with Gasteiger partial charge in [-0.1, -0.05) is 90.4 Å². The summed E-state index contributed by atoms with van der Waals surface area (Å²) in [6.45, 7) is 2.38. The van der Waals surface area contributed by atoms with E-state index in [0.717, 1.165) is 31.6 Å². The van der Waals surface area contributed by atoms with Crippen LogP contribution in [0, 0.1) is 29.6 Å². The molecule has 8 nitrogen and oxygen atoms in total. The summed E-state index contributed by atoms with van der Waals surface area (Å²) < 4.78 is 0. The van der Waals surface area contributed by atoms with E-state index >= 15 is 0 Å². The van der Waals surface area contributed by atoms with Gasteiger partial charge in [0, 0.05) is 24.9 Å². The monoisotopic (exact) mass is 592 g/mol. The number of hydrogen-bond acceptors (Lipinski definition) is 4. The lowest BCUT2D eigenvalue weighted by Gasteiger charge is -2.26. The number of rotatable bonds is 5. The van der Waals surface area contributed by atoms with Gasteiger partial charge in [0.2, 0.25) is 11.8 Å². The lowest BCUT2D eigenvalue weighted by Crippen LogP contribution is -2.40. The Morgan fingerprint density at radius 3 is 1.45 bits per heavy atom. The van der Waals surface area contributed by atoms with Gasteiger partial charge < -0.3 is 20.8 Å². The molecule has 0 radical (unpaired) electrons. The van der Waals surface area contributed by atoms with Gasteiger partial charge in [-0.25, -0.2) is 0 Å². The van der Waals surface area contributed by atoms with Crippen molar-refractivity contribution in [3.8, 4) is 0 Å². The topological polar surface area (TPSA) is 133 Å². The van der Waals surface area contributed by atoms with E-state index < -0.39 is 29.7 Å². The molecule has 2 aliphatic rings. The van der Waals surface area contributed by atoms with E-state index in [1.54, 1.807) is 7.05 Å². The zero-order chi connectivity index (χ0) is 30.7. The minimum atomic E-state index is -0.911. The van der Waals surface area contributed by atoms with Crippen molar-refractivity contribution in [2.75, 3.05) is 7.05 Å². The van der Waals surface area contributed by atoms with Gasteiger partial charge in [-0.2, -0.15) is 0 Å². The van der Waals surface area contributed by atoms with Gasteiger partial charge in [0.25, 0.3) is 0 Å². The first-order valence-corrected chi connectivity index (χ1v) is 17.2. The third kappa shape index (κ3) is 14.4. The van der Waals surface area contributed by atoms with Crippen LogP contribution in [0.15, 0.2) is 0 Å². The Morgan fingerprint density at radius 2 is 0.929 bits per heavy atom.